The molecule has 0 saturated heterocycles. The first-order chi connectivity index (χ1) is 8.68. The Kier molecular flexibility index (Phi) is 2.95. The molecule has 0 spiro atoms. The van der Waals surface area contributed by atoms with Crippen LogP contribution in [0.3, 0.4) is 0 Å². The second kappa shape index (κ2) is 4.48. The summed E-state index contributed by atoms with van der Waals surface area (Å²) in [7, 11) is 0. The Morgan fingerprint density at radius 3 is 2.94 bits per heavy atom. The minimum Gasteiger partial charge on any atom is -0.388 e. The summed E-state index contributed by atoms with van der Waals surface area (Å²) in [4.78, 5) is 8.58. The van der Waals surface area contributed by atoms with E-state index in [4.69, 9.17) is 0 Å². The van der Waals surface area contributed by atoms with E-state index in [0.717, 1.165) is 41.7 Å². The van der Waals surface area contributed by atoms with Gasteiger partial charge in [-0.15, -0.1) is 11.3 Å². The maximum absolute atomic E-state index is 10.3. The Morgan fingerprint density at radius 1 is 1.39 bits per heavy atom. The zero-order valence-electron chi connectivity index (χ0n) is 10.4. The van der Waals surface area contributed by atoms with Gasteiger partial charge >= 0.3 is 0 Å². The van der Waals surface area contributed by atoms with E-state index in [2.05, 4.69) is 27.6 Å². The normalized spacial score (nSPS) is 18.3. The minimum absolute atomic E-state index is 0.552. The minimum atomic E-state index is -0.552. The zero-order valence-corrected chi connectivity index (χ0v) is 11.3. The molecule has 2 aromatic rings. The SMILES string of the molecule is Cc1csc2c(NCC3(O)CCCC3)ncnc12. The first-order valence-corrected chi connectivity index (χ1v) is 7.21. The second-order valence-electron chi connectivity index (χ2n) is 5.10. The number of nitrogens with zero attached hydrogens (tertiary/aromatic N) is 2. The number of rotatable bonds is 3. The highest BCUT2D eigenvalue weighted by molar-refractivity contribution is 7.18. The molecule has 0 aromatic carbocycles. The van der Waals surface area contributed by atoms with Crippen molar-refractivity contribution < 1.29 is 5.11 Å². The molecule has 0 radical (unpaired) electrons. The fourth-order valence-electron chi connectivity index (χ4n) is 2.55. The van der Waals surface area contributed by atoms with Crippen molar-refractivity contribution in [2.75, 3.05) is 11.9 Å². The fraction of sp³-hybridized carbons (Fsp3) is 0.538. The standard InChI is InChI=1S/C13H17N3OS/c1-9-6-18-11-10(9)15-8-16-12(11)14-7-13(17)4-2-3-5-13/h6,8,17H,2-5,7H2,1H3,(H,14,15,16). The van der Waals surface area contributed by atoms with Crippen LogP contribution in [0.25, 0.3) is 10.2 Å². The van der Waals surface area contributed by atoms with E-state index in [1.165, 1.54) is 5.56 Å². The van der Waals surface area contributed by atoms with Crippen molar-refractivity contribution in [3.8, 4) is 0 Å². The van der Waals surface area contributed by atoms with Crippen LogP contribution in [0.4, 0.5) is 5.82 Å². The summed E-state index contributed by atoms with van der Waals surface area (Å²) in [6, 6.07) is 0. The molecule has 1 saturated carbocycles. The third-order valence-electron chi connectivity index (χ3n) is 3.65. The maximum Gasteiger partial charge on any atom is 0.147 e. The van der Waals surface area contributed by atoms with Gasteiger partial charge < -0.3 is 10.4 Å². The van der Waals surface area contributed by atoms with Crippen LogP contribution in [0, 0.1) is 6.92 Å². The highest BCUT2D eigenvalue weighted by atomic mass is 32.1. The van der Waals surface area contributed by atoms with Crippen LogP contribution in [-0.2, 0) is 0 Å². The molecule has 5 heteroatoms. The quantitative estimate of drug-likeness (QED) is 0.894. The highest BCUT2D eigenvalue weighted by Gasteiger charge is 2.31. The molecular weight excluding hydrogens is 246 g/mol. The van der Waals surface area contributed by atoms with Crippen molar-refractivity contribution in [2.45, 2.75) is 38.2 Å². The lowest BCUT2D eigenvalue weighted by atomic mass is 10.0. The number of anilines is 1. The number of aliphatic hydroxyl groups is 1. The monoisotopic (exact) mass is 263 g/mol. The number of fused-ring (bicyclic) bond motifs is 1. The summed E-state index contributed by atoms with van der Waals surface area (Å²) in [6.07, 6.45) is 5.60. The number of thiophene rings is 1. The van der Waals surface area contributed by atoms with Crippen LogP contribution >= 0.6 is 11.3 Å². The van der Waals surface area contributed by atoms with Crippen LogP contribution in [0.1, 0.15) is 31.2 Å². The van der Waals surface area contributed by atoms with E-state index in [0.29, 0.717) is 6.54 Å². The predicted octanol–water partition coefficient (Wildman–Crippen LogP) is 2.72. The summed E-state index contributed by atoms with van der Waals surface area (Å²) < 4.78 is 1.08. The Morgan fingerprint density at radius 2 is 2.17 bits per heavy atom. The molecule has 18 heavy (non-hydrogen) atoms. The summed E-state index contributed by atoms with van der Waals surface area (Å²) >= 11 is 1.65. The van der Waals surface area contributed by atoms with Gasteiger partial charge in [0.25, 0.3) is 0 Å². The zero-order chi connectivity index (χ0) is 12.6. The molecule has 4 nitrogen and oxygen atoms in total. The Balaban J connectivity index is 1.82. The van der Waals surface area contributed by atoms with Gasteiger partial charge in [0.2, 0.25) is 0 Å². The fourth-order valence-corrected chi connectivity index (χ4v) is 3.52. The van der Waals surface area contributed by atoms with Gasteiger partial charge in [0.15, 0.2) is 0 Å². The Hall–Kier alpha value is -1.20. The number of hydrogen-bond acceptors (Lipinski definition) is 5. The van der Waals surface area contributed by atoms with Gasteiger partial charge in [-0.3, -0.25) is 0 Å². The Labute approximate surface area is 110 Å². The molecule has 1 aliphatic carbocycles. The molecule has 0 amide bonds. The van der Waals surface area contributed by atoms with Crippen molar-refractivity contribution in [3.05, 3.63) is 17.3 Å². The molecule has 2 aromatic heterocycles. The van der Waals surface area contributed by atoms with Crippen LogP contribution in [0.5, 0.6) is 0 Å². The average molecular weight is 263 g/mol. The van der Waals surface area contributed by atoms with Crippen LogP contribution < -0.4 is 5.32 Å². The summed E-state index contributed by atoms with van der Waals surface area (Å²) in [6.45, 7) is 2.64. The van der Waals surface area contributed by atoms with Crippen LogP contribution in [0.2, 0.25) is 0 Å². The molecule has 1 aliphatic rings. The van der Waals surface area contributed by atoms with Gasteiger partial charge in [-0.1, -0.05) is 12.8 Å². The van der Waals surface area contributed by atoms with E-state index in [1.54, 1.807) is 17.7 Å². The number of nitrogens with one attached hydrogen (secondary N) is 1. The molecule has 2 N–H and O–H groups in total. The van der Waals surface area contributed by atoms with Gasteiger partial charge in [0, 0.05) is 6.54 Å². The highest BCUT2D eigenvalue weighted by Crippen LogP contribution is 2.32. The van der Waals surface area contributed by atoms with Crippen molar-refractivity contribution in [1.29, 1.82) is 0 Å². The van der Waals surface area contributed by atoms with E-state index in [-0.39, 0.29) is 0 Å². The molecule has 0 unspecified atom stereocenters. The van der Waals surface area contributed by atoms with Crippen LogP contribution in [0.15, 0.2) is 11.7 Å². The van der Waals surface area contributed by atoms with E-state index in [1.807, 2.05) is 0 Å². The van der Waals surface area contributed by atoms with Crippen molar-refractivity contribution in [1.82, 2.24) is 9.97 Å². The van der Waals surface area contributed by atoms with Gasteiger partial charge in [-0.25, -0.2) is 9.97 Å². The maximum atomic E-state index is 10.3. The molecule has 0 atom stereocenters. The van der Waals surface area contributed by atoms with E-state index < -0.39 is 5.60 Å². The average Bonchev–Trinajstić information content (AvgIpc) is 2.96. The molecule has 1 fully saturated rings. The predicted molar refractivity (Wildman–Crippen MR) is 74.1 cm³/mol. The van der Waals surface area contributed by atoms with Gasteiger partial charge in [-0.2, -0.15) is 0 Å². The first kappa shape index (κ1) is 11.9. The lowest BCUT2D eigenvalue weighted by Gasteiger charge is -2.22. The number of hydrogen-bond donors (Lipinski definition) is 2. The smallest absolute Gasteiger partial charge is 0.147 e. The first-order valence-electron chi connectivity index (χ1n) is 6.33. The van der Waals surface area contributed by atoms with Crippen molar-refractivity contribution in [3.63, 3.8) is 0 Å². The second-order valence-corrected chi connectivity index (χ2v) is 5.98. The third-order valence-corrected chi connectivity index (χ3v) is 4.74. The largest absolute Gasteiger partial charge is 0.388 e. The van der Waals surface area contributed by atoms with E-state index in [9.17, 15) is 5.11 Å². The molecule has 0 bridgehead atoms. The molecule has 3 rings (SSSR count). The van der Waals surface area contributed by atoms with Gasteiger partial charge in [-0.05, 0) is 30.7 Å². The Bertz CT molecular complexity index is 560. The number of aryl methyl sites for hydroxylation is 1. The molecule has 96 valence electrons. The molecule has 0 aliphatic heterocycles. The van der Waals surface area contributed by atoms with Crippen LogP contribution in [-0.4, -0.2) is 27.2 Å². The molecule has 2 heterocycles. The van der Waals surface area contributed by atoms with Gasteiger partial charge in [0.05, 0.1) is 15.8 Å². The van der Waals surface area contributed by atoms with E-state index >= 15 is 0 Å². The lowest BCUT2D eigenvalue weighted by molar-refractivity contribution is 0.0614. The molecular formula is C13H17N3OS. The van der Waals surface area contributed by atoms with Gasteiger partial charge in [0.1, 0.15) is 12.1 Å². The number of aromatic nitrogens is 2. The van der Waals surface area contributed by atoms with Crippen molar-refractivity contribution in [2.24, 2.45) is 0 Å². The lowest BCUT2D eigenvalue weighted by Crippen LogP contribution is -2.33. The summed E-state index contributed by atoms with van der Waals surface area (Å²) in [5, 5.41) is 15.7. The van der Waals surface area contributed by atoms with Crippen molar-refractivity contribution >= 4 is 27.4 Å². The topological polar surface area (TPSA) is 58.0 Å². The summed E-state index contributed by atoms with van der Waals surface area (Å²) in [5.41, 5.74) is 1.64. The third kappa shape index (κ3) is 2.08. The summed E-state index contributed by atoms with van der Waals surface area (Å²) in [5.74, 6) is 0.846.